The molecule has 0 aromatic heterocycles. The van der Waals surface area contributed by atoms with Crippen molar-refractivity contribution in [1.29, 1.82) is 0 Å². The van der Waals surface area contributed by atoms with Gasteiger partial charge in [0.2, 0.25) is 5.91 Å². The summed E-state index contributed by atoms with van der Waals surface area (Å²) in [5.41, 5.74) is 1.14. The number of carbonyl (C=O) groups is 1. The van der Waals surface area contributed by atoms with Crippen LogP contribution in [0, 0.1) is 11.8 Å². The predicted molar refractivity (Wildman–Crippen MR) is 94.6 cm³/mol. The van der Waals surface area contributed by atoms with Gasteiger partial charge in [-0.3, -0.25) is 4.79 Å². The van der Waals surface area contributed by atoms with Gasteiger partial charge in [-0.1, -0.05) is 37.6 Å². The molecule has 0 bridgehead atoms. The summed E-state index contributed by atoms with van der Waals surface area (Å²) in [6.07, 6.45) is 2.99. The molecule has 22 heavy (non-hydrogen) atoms. The van der Waals surface area contributed by atoms with Crippen LogP contribution in [0.2, 0.25) is 5.02 Å². The van der Waals surface area contributed by atoms with E-state index in [2.05, 4.69) is 24.5 Å². The third-order valence-corrected chi connectivity index (χ3v) is 4.30. The average Bonchev–Trinajstić information content (AvgIpc) is 2.98. The summed E-state index contributed by atoms with van der Waals surface area (Å²) in [4.78, 5) is 12.4. The first-order chi connectivity index (χ1) is 10.1. The van der Waals surface area contributed by atoms with Gasteiger partial charge in [-0.15, -0.1) is 12.4 Å². The Bertz CT molecular complexity index is 456. The van der Waals surface area contributed by atoms with E-state index in [1.165, 1.54) is 0 Å². The smallest absolute Gasteiger partial charge is 0.224 e. The maximum atomic E-state index is 12.4. The minimum absolute atomic E-state index is 0. The van der Waals surface area contributed by atoms with Gasteiger partial charge in [-0.05, 0) is 49.4 Å². The van der Waals surface area contributed by atoms with Gasteiger partial charge >= 0.3 is 0 Å². The van der Waals surface area contributed by atoms with Crippen LogP contribution in [0.4, 0.5) is 0 Å². The highest BCUT2D eigenvalue weighted by Gasteiger charge is 2.25. The molecule has 2 N–H and O–H groups in total. The zero-order valence-corrected chi connectivity index (χ0v) is 14.8. The zero-order chi connectivity index (χ0) is 15.2. The molecule has 1 aromatic rings. The number of rotatable bonds is 6. The Labute approximate surface area is 144 Å². The highest BCUT2D eigenvalue weighted by atomic mass is 35.5. The van der Waals surface area contributed by atoms with Crippen LogP contribution in [0.1, 0.15) is 44.7 Å². The standard InChI is InChI=1S/C17H25ClN2O.ClH/c1-12(2)3-8-16(13-4-6-15(18)7-5-13)20-17(21)14-9-10-19-11-14;/h4-7,12,14,16,19H,3,8-11H2,1-2H3,(H,20,21);1H. The molecule has 0 radical (unpaired) electrons. The molecular formula is C17H26Cl2N2O. The van der Waals surface area contributed by atoms with E-state index in [1.807, 2.05) is 24.3 Å². The number of benzene rings is 1. The van der Waals surface area contributed by atoms with Crippen LogP contribution < -0.4 is 10.6 Å². The zero-order valence-electron chi connectivity index (χ0n) is 13.3. The predicted octanol–water partition coefficient (Wildman–Crippen LogP) is 3.96. The van der Waals surface area contributed by atoms with Crippen LogP contribution >= 0.6 is 24.0 Å². The Morgan fingerprint density at radius 1 is 1.32 bits per heavy atom. The first-order valence-corrected chi connectivity index (χ1v) is 8.20. The summed E-state index contributed by atoms with van der Waals surface area (Å²) >= 11 is 5.96. The molecule has 2 atom stereocenters. The minimum atomic E-state index is 0. The van der Waals surface area contributed by atoms with E-state index < -0.39 is 0 Å². The molecule has 0 aliphatic carbocycles. The molecule has 2 rings (SSSR count). The van der Waals surface area contributed by atoms with Gasteiger partial charge in [0.1, 0.15) is 0 Å². The van der Waals surface area contributed by atoms with Crippen LogP contribution in [0.25, 0.3) is 0 Å². The van der Waals surface area contributed by atoms with Gasteiger partial charge in [0.25, 0.3) is 0 Å². The normalized spacial score (nSPS) is 18.8. The van der Waals surface area contributed by atoms with Crippen molar-refractivity contribution in [3.05, 3.63) is 34.9 Å². The second kappa shape index (κ2) is 9.39. The van der Waals surface area contributed by atoms with E-state index >= 15 is 0 Å². The lowest BCUT2D eigenvalue weighted by molar-refractivity contribution is -0.125. The summed E-state index contributed by atoms with van der Waals surface area (Å²) in [6.45, 7) is 6.16. The number of hydrogen-bond donors (Lipinski definition) is 2. The fourth-order valence-corrected chi connectivity index (χ4v) is 2.81. The number of halogens is 2. The van der Waals surface area contributed by atoms with Crippen LogP contribution in [-0.2, 0) is 4.79 Å². The topological polar surface area (TPSA) is 41.1 Å². The molecule has 1 heterocycles. The van der Waals surface area contributed by atoms with Gasteiger partial charge in [-0.25, -0.2) is 0 Å². The molecule has 1 saturated heterocycles. The molecule has 2 unspecified atom stereocenters. The van der Waals surface area contributed by atoms with Crippen molar-refractivity contribution in [1.82, 2.24) is 10.6 Å². The summed E-state index contributed by atoms with van der Waals surface area (Å²) < 4.78 is 0. The molecule has 1 aromatic carbocycles. The van der Waals surface area contributed by atoms with E-state index in [9.17, 15) is 4.79 Å². The third-order valence-electron chi connectivity index (χ3n) is 4.05. The lowest BCUT2D eigenvalue weighted by atomic mass is 9.96. The minimum Gasteiger partial charge on any atom is -0.349 e. The van der Waals surface area contributed by atoms with Gasteiger partial charge in [-0.2, -0.15) is 0 Å². The van der Waals surface area contributed by atoms with Crippen molar-refractivity contribution in [2.45, 2.75) is 39.2 Å². The summed E-state index contributed by atoms with van der Waals surface area (Å²) in [7, 11) is 0. The largest absolute Gasteiger partial charge is 0.349 e. The Hall–Kier alpha value is -0.770. The second-order valence-corrected chi connectivity index (χ2v) is 6.71. The lowest BCUT2D eigenvalue weighted by Crippen LogP contribution is -2.35. The summed E-state index contributed by atoms with van der Waals surface area (Å²) in [5, 5.41) is 7.20. The average molecular weight is 345 g/mol. The van der Waals surface area contributed by atoms with Crippen LogP contribution in [0.3, 0.4) is 0 Å². The van der Waals surface area contributed by atoms with Crippen LogP contribution in [-0.4, -0.2) is 19.0 Å². The molecule has 0 spiro atoms. The van der Waals surface area contributed by atoms with Crippen molar-refractivity contribution in [3.8, 4) is 0 Å². The summed E-state index contributed by atoms with van der Waals surface area (Å²) in [6, 6.07) is 7.89. The Balaban J connectivity index is 0.00000242. The van der Waals surface area contributed by atoms with Crippen molar-refractivity contribution < 1.29 is 4.79 Å². The van der Waals surface area contributed by atoms with E-state index in [1.54, 1.807) is 0 Å². The summed E-state index contributed by atoms with van der Waals surface area (Å²) in [5.74, 6) is 0.910. The van der Waals surface area contributed by atoms with E-state index in [4.69, 9.17) is 11.6 Å². The van der Waals surface area contributed by atoms with Gasteiger partial charge in [0, 0.05) is 11.6 Å². The molecule has 1 amide bonds. The molecular weight excluding hydrogens is 319 g/mol. The third kappa shape index (κ3) is 5.79. The van der Waals surface area contributed by atoms with Gasteiger partial charge in [0.15, 0.2) is 0 Å². The number of amides is 1. The second-order valence-electron chi connectivity index (χ2n) is 6.27. The van der Waals surface area contributed by atoms with Gasteiger partial charge < -0.3 is 10.6 Å². The molecule has 0 saturated carbocycles. The number of carbonyl (C=O) groups excluding carboxylic acids is 1. The quantitative estimate of drug-likeness (QED) is 0.819. The van der Waals surface area contributed by atoms with E-state index in [0.29, 0.717) is 5.92 Å². The molecule has 3 nitrogen and oxygen atoms in total. The lowest BCUT2D eigenvalue weighted by Gasteiger charge is -2.22. The number of hydrogen-bond acceptors (Lipinski definition) is 2. The molecule has 1 aliphatic heterocycles. The first-order valence-electron chi connectivity index (χ1n) is 7.83. The van der Waals surface area contributed by atoms with Crippen molar-refractivity contribution in [2.75, 3.05) is 13.1 Å². The van der Waals surface area contributed by atoms with E-state index in [-0.39, 0.29) is 30.3 Å². The number of nitrogens with one attached hydrogen (secondary N) is 2. The van der Waals surface area contributed by atoms with E-state index in [0.717, 1.165) is 42.9 Å². The highest BCUT2D eigenvalue weighted by molar-refractivity contribution is 6.30. The maximum Gasteiger partial charge on any atom is 0.224 e. The SMILES string of the molecule is CC(C)CCC(NC(=O)C1CCNC1)c1ccc(Cl)cc1.Cl. The van der Waals surface area contributed by atoms with Crippen molar-refractivity contribution >= 4 is 29.9 Å². The van der Waals surface area contributed by atoms with Gasteiger partial charge in [0.05, 0.1) is 12.0 Å². The maximum absolute atomic E-state index is 12.4. The molecule has 124 valence electrons. The highest BCUT2D eigenvalue weighted by Crippen LogP contribution is 2.23. The van der Waals surface area contributed by atoms with Crippen molar-refractivity contribution in [3.63, 3.8) is 0 Å². The fourth-order valence-electron chi connectivity index (χ4n) is 2.69. The van der Waals surface area contributed by atoms with Crippen LogP contribution in [0.5, 0.6) is 0 Å². The fraction of sp³-hybridized carbons (Fsp3) is 0.588. The van der Waals surface area contributed by atoms with Crippen molar-refractivity contribution in [2.24, 2.45) is 11.8 Å². The van der Waals surface area contributed by atoms with Crippen LogP contribution in [0.15, 0.2) is 24.3 Å². The first kappa shape index (κ1) is 19.3. The monoisotopic (exact) mass is 344 g/mol. The Morgan fingerprint density at radius 3 is 2.55 bits per heavy atom. The molecule has 5 heteroatoms. The Kier molecular flexibility index (Phi) is 8.23. The molecule has 1 aliphatic rings. The molecule has 1 fully saturated rings. The Morgan fingerprint density at radius 2 is 2.00 bits per heavy atom.